The van der Waals surface area contributed by atoms with Crippen molar-refractivity contribution in [2.24, 2.45) is 0 Å². The van der Waals surface area contributed by atoms with Crippen LogP contribution in [0.2, 0.25) is 0 Å². The summed E-state index contributed by atoms with van der Waals surface area (Å²) in [5, 5.41) is 13.1. The lowest BCUT2D eigenvalue weighted by Crippen LogP contribution is -2.47. The first kappa shape index (κ1) is 16.5. The molecule has 1 fully saturated rings. The Morgan fingerprint density at radius 2 is 1.73 bits per heavy atom. The van der Waals surface area contributed by atoms with Crippen molar-refractivity contribution in [3.8, 4) is 0 Å². The number of benzene rings is 1. The SMILES string of the molecule is CCCC1(CCC)NC(=O)N(CC(O)c2ccccc2)C1=O. The summed E-state index contributed by atoms with van der Waals surface area (Å²) in [5.41, 5.74) is -0.0941. The van der Waals surface area contributed by atoms with E-state index in [9.17, 15) is 14.7 Å². The van der Waals surface area contributed by atoms with Crippen LogP contribution in [0.25, 0.3) is 0 Å². The Hall–Kier alpha value is -1.88. The monoisotopic (exact) mass is 304 g/mol. The Bertz CT molecular complexity index is 524. The maximum Gasteiger partial charge on any atom is 0.325 e. The highest BCUT2D eigenvalue weighted by Crippen LogP contribution is 2.29. The minimum atomic E-state index is -0.866. The van der Waals surface area contributed by atoms with Gasteiger partial charge >= 0.3 is 6.03 Å². The second kappa shape index (κ2) is 6.92. The molecule has 1 aliphatic heterocycles. The molecule has 1 unspecified atom stereocenters. The smallest absolute Gasteiger partial charge is 0.325 e. The zero-order chi connectivity index (χ0) is 16.2. The molecule has 5 nitrogen and oxygen atoms in total. The van der Waals surface area contributed by atoms with Gasteiger partial charge in [0.05, 0.1) is 12.6 Å². The minimum absolute atomic E-state index is 0.0101. The number of nitrogens with one attached hydrogen (secondary N) is 1. The zero-order valence-corrected chi connectivity index (χ0v) is 13.2. The second-order valence-electron chi connectivity index (χ2n) is 5.85. The van der Waals surface area contributed by atoms with Crippen molar-refractivity contribution < 1.29 is 14.7 Å². The molecule has 1 saturated heterocycles. The molecular formula is C17H24N2O3. The van der Waals surface area contributed by atoms with Gasteiger partial charge in [-0.05, 0) is 18.4 Å². The molecule has 1 atom stereocenters. The third-order valence-electron chi connectivity index (χ3n) is 4.14. The van der Waals surface area contributed by atoms with Crippen molar-refractivity contribution >= 4 is 11.9 Å². The van der Waals surface area contributed by atoms with Crippen LogP contribution in [0.3, 0.4) is 0 Å². The zero-order valence-electron chi connectivity index (χ0n) is 13.2. The van der Waals surface area contributed by atoms with E-state index >= 15 is 0 Å². The summed E-state index contributed by atoms with van der Waals surface area (Å²) >= 11 is 0. The van der Waals surface area contributed by atoms with Gasteiger partial charge in [-0.15, -0.1) is 0 Å². The summed E-state index contributed by atoms with van der Waals surface area (Å²) in [6.07, 6.45) is 2.03. The fourth-order valence-electron chi connectivity index (χ4n) is 3.11. The number of hydrogen-bond donors (Lipinski definition) is 2. The summed E-state index contributed by atoms with van der Waals surface area (Å²) in [6.45, 7) is 3.99. The molecule has 1 aromatic carbocycles. The van der Waals surface area contributed by atoms with Gasteiger partial charge in [0.2, 0.25) is 0 Å². The molecule has 22 heavy (non-hydrogen) atoms. The molecule has 0 spiro atoms. The van der Waals surface area contributed by atoms with Gasteiger partial charge in [0.1, 0.15) is 5.54 Å². The van der Waals surface area contributed by atoms with Crippen LogP contribution in [-0.2, 0) is 4.79 Å². The van der Waals surface area contributed by atoms with E-state index in [4.69, 9.17) is 0 Å². The standard InChI is InChI=1S/C17H24N2O3/c1-3-10-17(11-4-2)15(21)19(16(22)18-17)12-14(20)13-8-6-5-7-9-13/h5-9,14,20H,3-4,10-12H2,1-2H3,(H,18,22). The Morgan fingerprint density at radius 3 is 2.27 bits per heavy atom. The molecule has 120 valence electrons. The lowest BCUT2D eigenvalue weighted by Gasteiger charge is -2.26. The van der Waals surface area contributed by atoms with Gasteiger partial charge < -0.3 is 10.4 Å². The molecule has 0 bridgehead atoms. The van der Waals surface area contributed by atoms with Crippen LogP contribution in [-0.4, -0.2) is 34.0 Å². The first-order valence-electron chi connectivity index (χ1n) is 7.91. The van der Waals surface area contributed by atoms with Crippen molar-refractivity contribution in [2.75, 3.05) is 6.54 Å². The van der Waals surface area contributed by atoms with Crippen LogP contribution in [0.5, 0.6) is 0 Å². The van der Waals surface area contributed by atoms with Gasteiger partial charge in [-0.25, -0.2) is 4.79 Å². The summed E-state index contributed by atoms with van der Waals surface area (Å²) in [7, 11) is 0. The van der Waals surface area contributed by atoms with Gasteiger partial charge in [0, 0.05) is 0 Å². The summed E-state index contributed by atoms with van der Waals surface area (Å²) in [4.78, 5) is 26.1. The van der Waals surface area contributed by atoms with Crippen LogP contribution in [0.4, 0.5) is 4.79 Å². The largest absolute Gasteiger partial charge is 0.387 e. The number of amides is 3. The van der Waals surface area contributed by atoms with Crippen molar-refractivity contribution in [3.05, 3.63) is 35.9 Å². The molecule has 1 heterocycles. The third-order valence-corrected chi connectivity index (χ3v) is 4.14. The number of nitrogens with zero attached hydrogens (tertiary/aromatic N) is 1. The van der Waals surface area contributed by atoms with E-state index in [1.807, 2.05) is 32.0 Å². The van der Waals surface area contributed by atoms with Gasteiger partial charge in [-0.3, -0.25) is 9.69 Å². The van der Waals surface area contributed by atoms with Gasteiger partial charge in [-0.2, -0.15) is 0 Å². The number of β-amino-alcohol motifs (C(OH)–C–C–N with tert-alkyl or cyclic N) is 1. The van der Waals surface area contributed by atoms with E-state index < -0.39 is 17.7 Å². The number of carbonyl (C=O) groups is 2. The maximum absolute atomic E-state index is 12.7. The Morgan fingerprint density at radius 1 is 1.14 bits per heavy atom. The van der Waals surface area contributed by atoms with Crippen molar-refractivity contribution in [2.45, 2.75) is 51.2 Å². The van der Waals surface area contributed by atoms with E-state index in [-0.39, 0.29) is 12.5 Å². The van der Waals surface area contributed by atoms with Crippen LogP contribution in [0, 0.1) is 0 Å². The van der Waals surface area contributed by atoms with E-state index in [0.717, 1.165) is 17.7 Å². The highest BCUT2D eigenvalue weighted by molar-refractivity contribution is 6.07. The van der Waals surface area contributed by atoms with Crippen molar-refractivity contribution in [1.82, 2.24) is 10.2 Å². The number of aliphatic hydroxyl groups excluding tert-OH is 1. The maximum atomic E-state index is 12.7. The van der Waals surface area contributed by atoms with Crippen LogP contribution >= 0.6 is 0 Å². The highest BCUT2D eigenvalue weighted by atomic mass is 16.3. The molecule has 1 aliphatic rings. The Balaban J connectivity index is 2.15. The summed E-state index contributed by atoms with van der Waals surface area (Å²) < 4.78 is 0. The van der Waals surface area contributed by atoms with E-state index in [1.165, 1.54) is 0 Å². The fraction of sp³-hybridized carbons (Fsp3) is 0.529. The molecule has 5 heteroatoms. The number of carbonyl (C=O) groups excluding carboxylic acids is 2. The predicted octanol–water partition coefficient (Wildman–Crippen LogP) is 2.61. The molecule has 1 aromatic rings. The first-order valence-corrected chi connectivity index (χ1v) is 7.91. The molecule has 0 saturated carbocycles. The van der Waals surface area contributed by atoms with E-state index in [0.29, 0.717) is 18.4 Å². The normalized spacial score (nSPS) is 18.4. The number of hydrogen-bond acceptors (Lipinski definition) is 3. The molecule has 0 aromatic heterocycles. The Labute approximate surface area is 131 Å². The number of aliphatic hydroxyl groups is 1. The van der Waals surface area contributed by atoms with Crippen LogP contribution in [0.1, 0.15) is 51.2 Å². The van der Waals surface area contributed by atoms with Crippen LogP contribution < -0.4 is 5.32 Å². The molecule has 3 amide bonds. The second-order valence-corrected chi connectivity index (χ2v) is 5.85. The first-order chi connectivity index (χ1) is 10.5. The molecule has 2 N–H and O–H groups in total. The molecule has 0 aliphatic carbocycles. The number of urea groups is 1. The molecular weight excluding hydrogens is 280 g/mol. The molecule has 2 rings (SSSR count). The topological polar surface area (TPSA) is 69.6 Å². The Kier molecular flexibility index (Phi) is 5.19. The average molecular weight is 304 g/mol. The average Bonchev–Trinajstić information content (AvgIpc) is 2.73. The fourth-order valence-corrected chi connectivity index (χ4v) is 3.11. The van der Waals surface area contributed by atoms with Gasteiger partial charge in [0.15, 0.2) is 0 Å². The van der Waals surface area contributed by atoms with E-state index in [2.05, 4.69) is 5.32 Å². The highest BCUT2D eigenvalue weighted by Gasteiger charge is 2.50. The van der Waals surface area contributed by atoms with Gasteiger partial charge in [0.25, 0.3) is 5.91 Å². The predicted molar refractivity (Wildman–Crippen MR) is 84.2 cm³/mol. The van der Waals surface area contributed by atoms with Crippen molar-refractivity contribution in [1.29, 1.82) is 0 Å². The van der Waals surface area contributed by atoms with E-state index in [1.54, 1.807) is 12.1 Å². The lowest BCUT2D eigenvalue weighted by atomic mass is 9.88. The lowest BCUT2D eigenvalue weighted by molar-refractivity contribution is -0.132. The van der Waals surface area contributed by atoms with Crippen molar-refractivity contribution in [3.63, 3.8) is 0 Å². The number of imide groups is 1. The van der Waals surface area contributed by atoms with Crippen LogP contribution in [0.15, 0.2) is 30.3 Å². The quantitative estimate of drug-likeness (QED) is 0.761. The summed E-state index contributed by atoms with van der Waals surface area (Å²) in [5.74, 6) is -0.212. The summed E-state index contributed by atoms with van der Waals surface area (Å²) in [6, 6.07) is 8.67. The number of rotatable bonds is 7. The third kappa shape index (κ3) is 3.14. The minimum Gasteiger partial charge on any atom is -0.387 e. The molecule has 0 radical (unpaired) electrons. The van der Waals surface area contributed by atoms with Gasteiger partial charge in [-0.1, -0.05) is 57.0 Å².